The standard InChI is InChI=1S/C9H18N2O2/c1-6-5-8(7(2)13-6)10-9(12)11(3)4/h6-8H,5H2,1-4H3,(H,10,12). The van der Waals surface area contributed by atoms with Crippen LogP contribution in [0, 0.1) is 0 Å². The van der Waals surface area contributed by atoms with Gasteiger partial charge >= 0.3 is 6.03 Å². The molecule has 0 aromatic heterocycles. The van der Waals surface area contributed by atoms with Crippen LogP contribution < -0.4 is 5.32 Å². The molecule has 3 unspecified atom stereocenters. The molecule has 0 spiro atoms. The maximum Gasteiger partial charge on any atom is 0.317 e. The van der Waals surface area contributed by atoms with Gasteiger partial charge in [-0.25, -0.2) is 4.79 Å². The topological polar surface area (TPSA) is 41.6 Å². The van der Waals surface area contributed by atoms with E-state index < -0.39 is 0 Å². The monoisotopic (exact) mass is 186 g/mol. The second-order valence-electron chi connectivity index (χ2n) is 3.84. The SMILES string of the molecule is CC1CC(NC(=O)N(C)C)C(C)O1. The van der Waals surface area contributed by atoms with Crippen LogP contribution in [0.15, 0.2) is 0 Å². The van der Waals surface area contributed by atoms with Gasteiger partial charge in [0.25, 0.3) is 0 Å². The van der Waals surface area contributed by atoms with Crippen LogP contribution in [0.2, 0.25) is 0 Å². The Morgan fingerprint density at radius 1 is 1.46 bits per heavy atom. The largest absolute Gasteiger partial charge is 0.373 e. The summed E-state index contributed by atoms with van der Waals surface area (Å²) in [4.78, 5) is 12.8. The quantitative estimate of drug-likeness (QED) is 0.659. The number of amides is 2. The summed E-state index contributed by atoms with van der Waals surface area (Å²) in [6, 6.07) is 0.111. The average Bonchev–Trinajstić information content (AvgIpc) is 2.30. The van der Waals surface area contributed by atoms with Crippen LogP contribution >= 0.6 is 0 Å². The Hall–Kier alpha value is -0.770. The van der Waals surface area contributed by atoms with Gasteiger partial charge in [-0.2, -0.15) is 0 Å². The third kappa shape index (κ3) is 2.59. The summed E-state index contributed by atoms with van der Waals surface area (Å²) < 4.78 is 5.52. The lowest BCUT2D eigenvalue weighted by Crippen LogP contribution is -2.44. The normalized spacial score (nSPS) is 33.1. The Morgan fingerprint density at radius 3 is 2.46 bits per heavy atom. The van der Waals surface area contributed by atoms with Gasteiger partial charge in [0.2, 0.25) is 0 Å². The molecular weight excluding hydrogens is 168 g/mol. The highest BCUT2D eigenvalue weighted by Crippen LogP contribution is 2.19. The maximum atomic E-state index is 11.3. The smallest absolute Gasteiger partial charge is 0.317 e. The number of hydrogen-bond acceptors (Lipinski definition) is 2. The van der Waals surface area contributed by atoms with E-state index in [0.717, 1.165) is 6.42 Å². The molecule has 1 fully saturated rings. The van der Waals surface area contributed by atoms with Crippen molar-refractivity contribution in [3.63, 3.8) is 0 Å². The fourth-order valence-electron chi connectivity index (χ4n) is 1.53. The molecule has 1 aliphatic rings. The first-order chi connectivity index (χ1) is 6.00. The Morgan fingerprint density at radius 2 is 2.08 bits per heavy atom. The van der Waals surface area contributed by atoms with Gasteiger partial charge in [0.1, 0.15) is 0 Å². The van der Waals surface area contributed by atoms with Gasteiger partial charge in [-0.1, -0.05) is 0 Å². The van der Waals surface area contributed by atoms with Crippen molar-refractivity contribution in [3.8, 4) is 0 Å². The summed E-state index contributed by atoms with van der Waals surface area (Å²) in [6.45, 7) is 4.02. The molecule has 0 aromatic rings. The van der Waals surface area contributed by atoms with Crippen LogP contribution in [0.1, 0.15) is 20.3 Å². The Balaban J connectivity index is 2.41. The summed E-state index contributed by atoms with van der Waals surface area (Å²) in [7, 11) is 3.47. The molecule has 0 aromatic carbocycles. The molecule has 0 aliphatic carbocycles. The van der Waals surface area contributed by atoms with Crippen molar-refractivity contribution in [1.82, 2.24) is 10.2 Å². The zero-order valence-corrected chi connectivity index (χ0v) is 8.70. The Labute approximate surface area is 79.2 Å². The number of rotatable bonds is 1. The number of carbonyl (C=O) groups is 1. The number of nitrogens with one attached hydrogen (secondary N) is 1. The lowest BCUT2D eigenvalue weighted by Gasteiger charge is -2.19. The van der Waals surface area contributed by atoms with E-state index in [2.05, 4.69) is 5.32 Å². The van der Waals surface area contributed by atoms with Crippen molar-refractivity contribution in [3.05, 3.63) is 0 Å². The number of hydrogen-bond donors (Lipinski definition) is 1. The average molecular weight is 186 g/mol. The van der Waals surface area contributed by atoms with Gasteiger partial charge in [0.15, 0.2) is 0 Å². The van der Waals surface area contributed by atoms with E-state index in [1.165, 1.54) is 4.90 Å². The Kier molecular flexibility index (Phi) is 3.14. The van der Waals surface area contributed by atoms with Crippen molar-refractivity contribution < 1.29 is 9.53 Å². The third-order valence-electron chi connectivity index (χ3n) is 2.31. The highest BCUT2D eigenvalue weighted by Gasteiger charge is 2.30. The minimum Gasteiger partial charge on any atom is -0.373 e. The predicted octanol–water partition coefficient (Wildman–Crippen LogP) is 0.823. The Bertz CT molecular complexity index is 194. The predicted molar refractivity (Wildman–Crippen MR) is 50.6 cm³/mol. The van der Waals surface area contributed by atoms with Crippen LogP contribution in [-0.2, 0) is 4.74 Å². The van der Waals surface area contributed by atoms with E-state index in [4.69, 9.17) is 4.74 Å². The van der Waals surface area contributed by atoms with E-state index in [9.17, 15) is 4.79 Å². The minimum atomic E-state index is -0.0467. The summed E-state index contributed by atoms with van der Waals surface area (Å²) >= 11 is 0. The van der Waals surface area contributed by atoms with Gasteiger partial charge in [-0.3, -0.25) is 0 Å². The number of carbonyl (C=O) groups excluding carboxylic acids is 1. The van der Waals surface area contributed by atoms with Crippen LogP contribution in [0.25, 0.3) is 0 Å². The number of urea groups is 1. The van der Waals surface area contributed by atoms with Crippen molar-refractivity contribution in [2.24, 2.45) is 0 Å². The van der Waals surface area contributed by atoms with Crippen LogP contribution in [-0.4, -0.2) is 43.3 Å². The van der Waals surface area contributed by atoms with E-state index in [-0.39, 0.29) is 24.3 Å². The second-order valence-corrected chi connectivity index (χ2v) is 3.84. The summed E-state index contributed by atoms with van der Waals surface area (Å²) in [5.41, 5.74) is 0. The number of ether oxygens (including phenoxy) is 1. The fourth-order valence-corrected chi connectivity index (χ4v) is 1.53. The van der Waals surface area contributed by atoms with Crippen molar-refractivity contribution in [2.75, 3.05) is 14.1 Å². The molecule has 2 amide bonds. The third-order valence-corrected chi connectivity index (χ3v) is 2.31. The molecule has 76 valence electrons. The second kappa shape index (κ2) is 3.96. The number of nitrogens with zero attached hydrogens (tertiary/aromatic N) is 1. The molecule has 3 atom stereocenters. The molecule has 0 radical (unpaired) electrons. The lowest BCUT2D eigenvalue weighted by atomic mass is 10.1. The van der Waals surface area contributed by atoms with E-state index in [0.29, 0.717) is 0 Å². The molecule has 1 rings (SSSR count). The zero-order chi connectivity index (χ0) is 10.0. The summed E-state index contributed by atoms with van der Waals surface area (Å²) in [5, 5.41) is 2.92. The summed E-state index contributed by atoms with van der Waals surface area (Å²) in [5.74, 6) is 0. The molecule has 1 saturated heterocycles. The van der Waals surface area contributed by atoms with Crippen LogP contribution in [0.3, 0.4) is 0 Å². The first kappa shape index (κ1) is 10.3. The minimum absolute atomic E-state index is 0.0467. The zero-order valence-electron chi connectivity index (χ0n) is 8.70. The van der Waals surface area contributed by atoms with Gasteiger partial charge in [0, 0.05) is 14.1 Å². The molecule has 1 heterocycles. The molecular formula is C9H18N2O2. The van der Waals surface area contributed by atoms with Gasteiger partial charge in [0.05, 0.1) is 18.2 Å². The molecule has 0 saturated carbocycles. The lowest BCUT2D eigenvalue weighted by molar-refractivity contribution is 0.0610. The molecule has 1 N–H and O–H groups in total. The van der Waals surface area contributed by atoms with E-state index in [1.54, 1.807) is 14.1 Å². The van der Waals surface area contributed by atoms with Crippen LogP contribution in [0.5, 0.6) is 0 Å². The van der Waals surface area contributed by atoms with E-state index in [1.807, 2.05) is 13.8 Å². The van der Waals surface area contributed by atoms with E-state index >= 15 is 0 Å². The van der Waals surface area contributed by atoms with Crippen molar-refractivity contribution in [1.29, 1.82) is 0 Å². The molecule has 13 heavy (non-hydrogen) atoms. The fraction of sp³-hybridized carbons (Fsp3) is 0.889. The van der Waals surface area contributed by atoms with Crippen molar-refractivity contribution in [2.45, 2.75) is 38.5 Å². The van der Waals surface area contributed by atoms with Gasteiger partial charge < -0.3 is 15.0 Å². The molecule has 0 bridgehead atoms. The van der Waals surface area contributed by atoms with Crippen LogP contribution in [0.4, 0.5) is 4.79 Å². The van der Waals surface area contributed by atoms with Crippen molar-refractivity contribution >= 4 is 6.03 Å². The van der Waals surface area contributed by atoms with Gasteiger partial charge in [-0.05, 0) is 20.3 Å². The molecule has 4 nitrogen and oxygen atoms in total. The highest BCUT2D eigenvalue weighted by atomic mass is 16.5. The first-order valence-electron chi connectivity index (χ1n) is 4.64. The molecule has 4 heteroatoms. The first-order valence-corrected chi connectivity index (χ1v) is 4.64. The highest BCUT2D eigenvalue weighted by molar-refractivity contribution is 5.73. The molecule has 1 aliphatic heterocycles. The van der Waals surface area contributed by atoms with Gasteiger partial charge in [-0.15, -0.1) is 0 Å². The summed E-state index contributed by atoms with van der Waals surface area (Å²) in [6.07, 6.45) is 1.28. The maximum absolute atomic E-state index is 11.3.